The second-order valence-electron chi connectivity index (χ2n) is 4.54. The van der Waals surface area contributed by atoms with Gasteiger partial charge in [-0.05, 0) is 12.8 Å². The smallest absolute Gasteiger partial charge is 0.203 e. The largest absolute Gasteiger partial charge is 0.493 e. The van der Waals surface area contributed by atoms with E-state index in [-0.39, 0.29) is 0 Å². The molecule has 1 fully saturated rings. The maximum Gasteiger partial charge on any atom is 0.203 e. The van der Waals surface area contributed by atoms with Gasteiger partial charge < -0.3 is 19.5 Å². The van der Waals surface area contributed by atoms with E-state index in [2.05, 4.69) is 5.32 Å². The molecular weight excluding hydrogens is 230 g/mol. The van der Waals surface area contributed by atoms with E-state index in [4.69, 9.17) is 14.2 Å². The first-order chi connectivity index (χ1) is 8.78. The van der Waals surface area contributed by atoms with E-state index in [1.54, 1.807) is 21.3 Å². The van der Waals surface area contributed by atoms with Crippen LogP contribution in [0.15, 0.2) is 12.1 Å². The lowest BCUT2D eigenvalue weighted by atomic mass is 10.2. The number of hydrogen-bond acceptors (Lipinski definition) is 4. The Labute approximate surface area is 108 Å². The molecule has 0 aromatic heterocycles. The second-order valence-corrected chi connectivity index (χ2v) is 4.54. The molecule has 1 aromatic rings. The van der Waals surface area contributed by atoms with Crippen LogP contribution >= 0.6 is 0 Å². The van der Waals surface area contributed by atoms with Crippen LogP contribution < -0.4 is 19.5 Å². The zero-order valence-corrected chi connectivity index (χ0v) is 11.3. The number of anilines is 1. The molecule has 1 N–H and O–H groups in total. The monoisotopic (exact) mass is 251 g/mol. The molecule has 4 nitrogen and oxygen atoms in total. The van der Waals surface area contributed by atoms with Crippen molar-refractivity contribution in [2.45, 2.75) is 31.7 Å². The SMILES string of the molecule is COc1cc(NC2CCCC2)cc(OC)c1OC. The molecule has 100 valence electrons. The van der Waals surface area contributed by atoms with E-state index in [1.165, 1.54) is 25.7 Å². The van der Waals surface area contributed by atoms with Crippen LogP contribution in [-0.2, 0) is 0 Å². The molecule has 0 atom stereocenters. The van der Waals surface area contributed by atoms with Crippen molar-refractivity contribution in [2.75, 3.05) is 26.6 Å². The normalized spacial score (nSPS) is 15.5. The molecule has 0 radical (unpaired) electrons. The molecular formula is C14H21NO3. The maximum absolute atomic E-state index is 5.34. The van der Waals surface area contributed by atoms with Gasteiger partial charge in [0.05, 0.1) is 21.3 Å². The fourth-order valence-electron chi connectivity index (χ4n) is 2.47. The lowest BCUT2D eigenvalue weighted by Crippen LogP contribution is -2.14. The summed E-state index contributed by atoms with van der Waals surface area (Å²) in [5.74, 6) is 2.02. The molecule has 2 rings (SSSR count). The summed E-state index contributed by atoms with van der Waals surface area (Å²) in [4.78, 5) is 0. The summed E-state index contributed by atoms with van der Waals surface area (Å²) in [6.45, 7) is 0. The molecule has 1 saturated carbocycles. The van der Waals surface area contributed by atoms with E-state index >= 15 is 0 Å². The Morgan fingerprint density at radius 1 is 0.944 bits per heavy atom. The first-order valence-electron chi connectivity index (χ1n) is 6.35. The number of methoxy groups -OCH3 is 3. The van der Waals surface area contributed by atoms with Crippen molar-refractivity contribution in [3.05, 3.63) is 12.1 Å². The molecule has 1 aliphatic rings. The van der Waals surface area contributed by atoms with Crippen molar-refractivity contribution >= 4 is 5.69 Å². The summed E-state index contributed by atoms with van der Waals surface area (Å²) in [5.41, 5.74) is 1.02. The highest BCUT2D eigenvalue weighted by molar-refractivity contribution is 5.62. The standard InChI is InChI=1S/C14H21NO3/c1-16-12-8-11(15-10-6-4-5-7-10)9-13(17-2)14(12)18-3/h8-10,15H,4-7H2,1-3H3. The average Bonchev–Trinajstić information content (AvgIpc) is 2.90. The van der Waals surface area contributed by atoms with Crippen molar-refractivity contribution in [3.8, 4) is 17.2 Å². The van der Waals surface area contributed by atoms with Crippen molar-refractivity contribution in [2.24, 2.45) is 0 Å². The zero-order valence-electron chi connectivity index (χ0n) is 11.3. The van der Waals surface area contributed by atoms with Crippen LogP contribution in [0, 0.1) is 0 Å². The number of nitrogens with one attached hydrogen (secondary N) is 1. The number of hydrogen-bond donors (Lipinski definition) is 1. The predicted octanol–water partition coefficient (Wildman–Crippen LogP) is 3.07. The topological polar surface area (TPSA) is 39.7 Å². The van der Waals surface area contributed by atoms with Crippen LogP contribution in [-0.4, -0.2) is 27.4 Å². The Morgan fingerprint density at radius 2 is 1.50 bits per heavy atom. The molecule has 0 bridgehead atoms. The minimum absolute atomic E-state index is 0.563. The van der Waals surface area contributed by atoms with Gasteiger partial charge in [-0.3, -0.25) is 0 Å². The van der Waals surface area contributed by atoms with Gasteiger partial charge in [0, 0.05) is 23.9 Å². The first-order valence-corrected chi connectivity index (χ1v) is 6.35. The highest BCUT2D eigenvalue weighted by atomic mass is 16.5. The zero-order chi connectivity index (χ0) is 13.0. The van der Waals surface area contributed by atoms with E-state index in [9.17, 15) is 0 Å². The van der Waals surface area contributed by atoms with E-state index in [0.717, 1.165) is 5.69 Å². The van der Waals surface area contributed by atoms with Crippen LogP contribution in [0.2, 0.25) is 0 Å². The molecule has 0 amide bonds. The Hall–Kier alpha value is -1.58. The van der Waals surface area contributed by atoms with Crippen LogP contribution in [0.1, 0.15) is 25.7 Å². The van der Waals surface area contributed by atoms with E-state index < -0.39 is 0 Å². The highest BCUT2D eigenvalue weighted by Gasteiger charge is 2.17. The molecule has 0 spiro atoms. The summed E-state index contributed by atoms with van der Waals surface area (Å²) in [6.07, 6.45) is 5.08. The number of ether oxygens (including phenoxy) is 3. The van der Waals surface area contributed by atoms with Gasteiger partial charge in [-0.25, -0.2) is 0 Å². The molecule has 0 saturated heterocycles. The predicted molar refractivity (Wildman–Crippen MR) is 72.0 cm³/mol. The summed E-state index contributed by atoms with van der Waals surface area (Å²) >= 11 is 0. The summed E-state index contributed by atoms with van der Waals surface area (Å²) in [5, 5.41) is 3.53. The molecule has 0 unspecified atom stereocenters. The molecule has 0 aliphatic heterocycles. The van der Waals surface area contributed by atoms with Crippen molar-refractivity contribution in [1.29, 1.82) is 0 Å². The minimum Gasteiger partial charge on any atom is -0.493 e. The molecule has 1 aromatic carbocycles. The Morgan fingerprint density at radius 3 is 1.94 bits per heavy atom. The fourth-order valence-corrected chi connectivity index (χ4v) is 2.47. The molecule has 4 heteroatoms. The summed E-state index contributed by atoms with van der Waals surface area (Å²) < 4.78 is 16.0. The Balaban J connectivity index is 2.24. The summed E-state index contributed by atoms with van der Waals surface area (Å²) in [6, 6.07) is 4.48. The van der Waals surface area contributed by atoms with Crippen LogP contribution in [0.4, 0.5) is 5.69 Å². The van der Waals surface area contributed by atoms with Crippen molar-refractivity contribution < 1.29 is 14.2 Å². The van der Waals surface area contributed by atoms with Crippen LogP contribution in [0.5, 0.6) is 17.2 Å². The van der Waals surface area contributed by atoms with E-state index in [0.29, 0.717) is 23.3 Å². The van der Waals surface area contributed by atoms with Gasteiger partial charge in [0.2, 0.25) is 5.75 Å². The Bertz CT molecular complexity index is 375. The third-order valence-corrected chi connectivity index (χ3v) is 3.39. The summed E-state index contributed by atoms with van der Waals surface area (Å²) in [7, 11) is 4.89. The number of benzene rings is 1. The Kier molecular flexibility index (Phi) is 4.18. The number of rotatable bonds is 5. The van der Waals surface area contributed by atoms with Gasteiger partial charge in [-0.15, -0.1) is 0 Å². The fraction of sp³-hybridized carbons (Fsp3) is 0.571. The van der Waals surface area contributed by atoms with Crippen LogP contribution in [0.25, 0.3) is 0 Å². The van der Waals surface area contributed by atoms with Crippen LogP contribution in [0.3, 0.4) is 0 Å². The molecule has 1 aliphatic carbocycles. The highest BCUT2D eigenvalue weighted by Crippen LogP contribution is 2.40. The lowest BCUT2D eigenvalue weighted by molar-refractivity contribution is 0.324. The maximum atomic E-state index is 5.34. The third-order valence-electron chi connectivity index (χ3n) is 3.39. The van der Waals surface area contributed by atoms with Gasteiger partial charge in [0.1, 0.15) is 0 Å². The third kappa shape index (κ3) is 2.63. The van der Waals surface area contributed by atoms with E-state index in [1.807, 2.05) is 12.1 Å². The van der Waals surface area contributed by atoms with Gasteiger partial charge in [0.25, 0.3) is 0 Å². The molecule has 18 heavy (non-hydrogen) atoms. The lowest BCUT2D eigenvalue weighted by Gasteiger charge is -2.18. The average molecular weight is 251 g/mol. The van der Waals surface area contributed by atoms with Gasteiger partial charge in [-0.1, -0.05) is 12.8 Å². The van der Waals surface area contributed by atoms with Gasteiger partial charge in [0.15, 0.2) is 11.5 Å². The first kappa shape index (κ1) is 12.9. The van der Waals surface area contributed by atoms with Gasteiger partial charge >= 0.3 is 0 Å². The van der Waals surface area contributed by atoms with Crippen molar-refractivity contribution in [1.82, 2.24) is 0 Å². The minimum atomic E-state index is 0.563. The van der Waals surface area contributed by atoms with Crippen molar-refractivity contribution in [3.63, 3.8) is 0 Å². The quantitative estimate of drug-likeness (QED) is 0.873. The molecule has 0 heterocycles. The second kappa shape index (κ2) is 5.85. The van der Waals surface area contributed by atoms with Gasteiger partial charge in [-0.2, -0.15) is 0 Å².